The van der Waals surface area contributed by atoms with Crippen LogP contribution in [0, 0.1) is 27.7 Å². The van der Waals surface area contributed by atoms with Crippen LogP contribution in [0.3, 0.4) is 0 Å². The molecule has 2 heterocycles. The molecular weight excluding hydrogens is 430 g/mol. The van der Waals surface area contributed by atoms with Crippen molar-refractivity contribution in [1.82, 2.24) is 9.55 Å². The van der Waals surface area contributed by atoms with E-state index in [-0.39, 0.29) is 17.2 Å². The van der Waals surface area contributed by atoms with E-state index in [2.05, 4.69) is 5.32 Å². The van der Waals surface area contributed by atoms with Crippen molar-refractivity contribution < 1.29 is 9.53 Å². The van der Waals surface area contributed by atoms with Crippen molar-refractivity contribution in [1.29, 1.82) is 0 Å². The molecule has 0 aliphatic heterocycles. The van der Waals surface area contributed by atoms with Crippen LogP contribution in [0.1, 0.15) is 34.9 Å². The molecule has 1 aromatic carbocycles. The first-order chi connectivity index (χ1) is 14.8. The number of hydrogen-bond donors (Lipinski definition) is 1. The molecule has 0 bridgehead atoms. The Kier molecular flexibility index (Phi) is 7.91. The minimum absolute atomic E-state index is 0.0407. The number of thiophene rings is 1. The van der Waals surface area contributed by atoms with Gasteiger partial charge in [0, 0.05) is 30.3 Å². The van der Waals surface area contributed by atoms with Gasteiger partial charge in [-0.05, 0) is 57.7 Å². The van der Waals surface area contributed by atoms with Crippen molar-refractivity contribution >= 4 is 44.9 Å². The average Bonchev–Trinajstić information content (AvgIpc) is 3.02. The van der Waals surface area contributed by atoms with Gasteiger partial charge in [0.15, 0.2) is 5.16 Å². The molecule has 0 spiro atoms. The lowest BCUT2D eigenvalue weighted by atomic mass is 10.1. The van der Waals surface area contributed by atoms with Gasteiger partial charge in [-0.1, -0.05) is 30.0 Å². The molecule has 2 aromatic heterocycles. The van der Waals surface area contributed by atoms with Crippen LogP contribution in [-0.2, 0) is 16.1 Å². The van der Waals surface area contributed by atoms with Gasteiger partial charge in [-0.3, -0.25) is 14.2 Å². The average molecular weight is 460 g/mol. The molecule has 6 nitrogen and oxygen atoms in total. The van der Waals surface area contributed by atoms with Crippen LogP contribution < -0.4 is 10.9 Å². The Morgan fingerprint density at radius 3 is 2.61 bits per heavy atom. The fourth-order valence-corrected chi connectivity index (χ4v) is 5.30. The van der Waals surface area contributed by atoms with Gasteiger partial charge in [-0.25, -0.2) is 4.98 Å². The molecule has 0 radical (unpaired) electrons. The van der Waals surface area contributed by atoms with Gasteiger partial charge in [0.25, 0.3) is 5.56 Å². The van der Waals surface area contributed by atoms with Gasteiger partial charge in [0.2, 0.25) is 5.91 Å². The number of rotatable bonds is 9. The Bertz CT molecular complexity index is 1130. The second kappa shape index (κ2) is 10.4. The van der Waals surface area contributed by atoms with Crippen molar-refractivity contribution in [2.75, 3.05) is 24.3 Å². The number of aromatic nitrogens is 2. The first kappa shape index (κ1) is 23.5. The number of hydrogen-bond acceptors (Lipinski definition) is 6. The van der Waals surface area contributed by atoms with Crippen LogP contribution in [0.5, 0.6) is 0 Å². The molecule has 3 rings (SSSR count). The number of nitrogens with zero attached hydrogens (tertiary/aromatic N) is 2. The lowest BCUT2D eigenvalue weighted by Crippen LogP contribution is -2.25. The zero-order valence-electron chi connectivity index (χ0n) is 18.7. The molecule has 0 aliphatic rings. The van der Waals surface area contributed by atoms with Crippen molar-refractivity contribution in [3.05, 3.63) is 50.1 Å². The largest absolute Gasteiger partial charge is 0.382 e. The molecule has 8 heteroatoms. The van der Waals surface area contributed by atoms with E-state index in [0.29, 0.717) is 36.7 Å². The Morgan fingerprint density at radius 2 is 1.94 bits per heavy atom. The predicted octanol–water partition coefficient (Wildman–Crippen LogP) is 4.85. The maximum absolute atomic E-state index is 13.2. The highest BCUT2D eigenvalue weighted by molar-refractivity contribution is 7.99. The summed E-state index contributed by atoms with van der Waals surface area (Å²) in [6.07, 6.45) is 0.714. The molecule has 0 fully saturated rings. The Labute approximate surface area is 191 Å². The summed E-state index contributed by atoms with van der Waals surface area (Å²) in [6, 6.07) is 5.92. The summed E-state index contributed by atoms with van der Waals surface area (Å²) in [5, 5.41) is 4.26. The number of carbonyl (C=O) groups excluding carboxylic acids is 1. The van der Waals surface area contributed by atoms with Crippen molar-refractivity contribution in [2.45, 2.75) is 52.7 Å². The van der Waals surface area contributed by atoms with Crippen molar-refractivity contribution in [3.8, 4) is 0 Å². The molecule has 0 saturated heterocycles. The van der Waals surface area contributed by atoms with E-state index in [4.69, 9.17) is 9.72 Å². The summed E-state index contributed by atoms with van der Waals surface area (Å²) < 4.78 is 7.12. The number of fused-ring (bicyclic) bond motifs is 1. The summed E-state index contributed by atoms with van der Waals surface area (Å²) in [6.45, 7) is 11.6. The molecule has 1 amide bonds. The minimum atomic E-state index is -0.115. The highest BCUT2D eigenvalue weighted by Crippen LogP contribution is 2.28. The molecule has 0 unspecified atom stereocenters. The van der Waals surface area contributed by atoms with Gasteiger partial charge in [0.1, 0.15) is 4.83 Å². The number of para-hydroxylation sites is 1. The maximum Gasteiger partial charge on any atom is 0.263 e. The highest BCUT2D eigenvalue weighted by atomic mass is 32.2. The molecule has 3 aromatic rings. The molecule has 0 saturated carbocycles. The summed E-state index contributed by atoms with van der Waals surface area (Å²) in [5.41, 5.74) is 3.84. The zero-order chi connectivity index (χ0) is 22.5. The second-order valence-electron chi connectivity index (χ2n) is 7.47. The third-order valence-electron chi connectivity index (χ3n) is 5.21. The van der Waals surface area contributed by atoms with Crippen LogP contribution in [0.2, 0.25) is 0 Å². The number of aryl methyl sites for hydroxylation is 4. The number of carbonyl (C=O) groups is 1. The summed E-state index contributed by atoms with van der Waals surface area (Å²) in [4.78, 5) is 32.5. The van der Waals surface area contributed by atoms with Crippen LogP contribution >= 0.6 is 23.1 Å². The van der Waals surface area contributed by atoms with Crippen LogP contribution in [0.15, 0.2) is 28.2 Å². The third kappa shape index (κ3) is 5.37. The summed E-state index contributed by atoms with van der Waals surface area (Å²) in [5.74, 6) is 0.0664. The first-order valence-corrected chi connectivity index (χ1v) is 12.2. The normalized spacial score (nSPS) is 11.3. The smallest absolute Gasteiger partial charge is 0.263 e. The SMILES string of the molecule is CCOCCCn1c(SCC(=O)Nc2c(C)cccc2C)nc2sc(C)c(C)c2c1=O. The maximum atomic E-state index is 13.2. The predicted molar refractivity (Wildman–Crippen MR) is 130 cm³/mol. The molecular formula is C23H29N3O3S2. The number of nitrogens with one attached hydrogen (secondary N) is 1. The standard InChI is InChI=1S/C23H29N3O3S2/c1-6-29-12-8-11-26-22(28)19-16(4)17(5)31-21(19)25-23(26)30-13-18(27)24-20-14(2)9-7-10-15(20)3/h7,9-10H,6,8,11-13H2,1-5H3,(H,24,27). The fraction of sp³-hybridized carbons (Fsp3) is 0.435. The number of anilines is 1. The van der Waals surface area contributed by atoms with Crippen LogP contribution in [0.25, 0.3) is 10.2 Å². The Morgan fingerprint density at radius 1 is 1.23 bits per heavy atom. The molecule has 166 valence electrons. The number of thioether (sulfide) groups is 1. The lowest BCUT2D eigenvalue weighted by molar-refractivity contribution is -0.113. The zero-order valence-corrected chi connectivity index (χ0v) is 20.3. The molecule has 0 aliphatic carbocycles. The fourth-order valence-electron chi connectivity index (χ4n) is 3.40. The van der Waals surface area contributed by atoms with Gasteiger partial charge in [-0.15, -0.1) is 11.3 Å². The summed E-state index contributed by atoms with van der Waals surface area (Å²) >= 11 is 2.83. The van der Waals surface area contributed by atoms with Gasteiger partial charge in [0.05, 0.1) is 11.1 Å². The second-order valence-corrected chi connectivity index (χ2v) is 9.61. The van der Waals surface area contributed by atoms with Gasteiger partial charge in [-0.2, -0.15) is 0 Å². The quantitative estimate of drug-likeness (QED) is 0.281. The van der Waals surface area contributed by atoms with Gasteiger partial charge >= 0.3 is 0 Å². The number of amides is 1. The van der Waals surface area contributed by atoms with E-state index in [1.54, 1.807) is 4.57 Å². The van der Waals surface area contributed by atoms with Crippen LogP contribution in [-0.4, -0.2) is 34.4 Å². The summed E-state index contributed by atoms with van der Waals surface area (Å²) in [7, 11) is 0. The van der Waals surface area contributed by atoms with Crippen molar-refractivity contribution in [2.24, 2.45) is 0 Å². The third-order valence-corrected chi connectivity index (χ3v) is 7.28. The van der Waals surface area contributed by atoms with E-state index >= 15 is 0 Å². The minimum Gasteiger partial charge on any atom is -0.382 e. The number of benzene rings is 1. The van der Waals surface area contributed by atoms with E-state index < -0.39 is 0 Å². The van der Waals surface area contributed by atoms with E-state index in [1.807, 2.05) is 52.8 Å². The van der Waals surface area contributed by atoms with Crippen molar-refractivity contribution in [3.63, 3.8) is 0 Å². The Balaban J connectivity index is 1.84. The monoisotopic (exact) mass is 459 g/mol. The topological polar surface area (TPSA) is 73.2 Å². The van der Waals surface area contributed by atoms with Crippen LogP contribution in [0.4, 0.5) is 5.69 Å². The first-order valence-electron chi connectivity index (χ1n) is 10.4. The highest BCUT2D eigenvalue weighted by Gasteiger charge is 2.18. The number of ether oxygens (including phenoxy) is 1. The molecule has 1 N–H and O–H groups in total. The Hall–Kier alpha value is -2.16. The van der Waals surface area contributed by atoms with E-state index in [0.717, 1.165) is 32.1 Å². The van der Waals surface area contributed by atoms with E-state index in [1.165, 1.54) is 23.1 Å². The molecule has 0 atom stereocenters. The lowest BCUT2D eigenvalue weighted by Gasteiger charge is -2.13. The van der Waals surface area contributed by atoms with Gasteiger partial charge < -0.3 is 10.1 Å². The van der Waals surface area contributed by atoms with E-state index in [9.17, 15) is 9.59 Å². The molecule has 31 heavy (non-hydrogen) atoms.